The predicted octanol–water partition coefficient (Wildman–Crippen LogP) is 3.91. The average Bonchev–Trinajstić information content (AvgIpc) is 3.22. The number of fused-ring (bicyclic) bond motifs is 2. The van der Waals surface area contributed by atoms with E-state index in [-0.39, 0.29) is 0 Å². The summed E-state index contributed by atoms with van der Waals surface area (Å²) in [5.41, 5.74) is 2.66. The molecular formula is C18H24N2. The minimum absolute atomic E-state index is 0.844. The molecule has 3 aliphatic rings. The predicted molar refractivity (Wildman–Crippen MR) is 85.2 cm³/mol. The molecule has 1 saturated heterocycles. The zero-order valence-electron chi connectivity index (χ0n) is 12.1. The lowest BCUT2D eigenvalue weighted by molar-refractivity contribution is 0.472. The van der Waals surface area contributed by atoms with Gasteiger partial charge in [-0.25, -0.2) is 0 Å². The highest BCUT2D eigenvalue weighted by molar-refractivity contribution is 5.55. The number of anilines is 2. The van der Waals surface area contributed by atoms with Crippen LogP contribution in [-0.4, -0.2) is 19.6 Å². The molecule has 0 radical (unpaired) electrons. The second-order valence-electron chi connectivity index (χ2n) is 6.66. The minimum atomic E-state index is 0.844. The molecule has 0 aromatic heterocycles. The maximum atomic E-state index is 3.64. The molecule has 2 aliphatic carbocycles. The van der Waals surface area contributed by atoms with Gasteiger partial charge in [-0.2, -0.15) is 0 Å². The third-order valence-corrected chi connectivity index (χ3v) is 5.32. The molecule has 2 bridgehead atoms. The Labute approximate surface area is 121 Å². The number of hydrogen-bond acceptors (Lipinski definition) is 2. The van der Waals surface area contributed by atoms with Crippen LogP contribution < -0.4 is 10.2 Å². The van der Waals surface area contributed by atoms with E-state index in [1.165, 1.54) is 50.1 Å². The fraction of sp³-hybridized carbons (Fsp3) is 0.556. The molecule has 106 valence electrons. The first-order valence-electron chi connectivity index (χ1n) is 8.16. The maximum absolute atomic E-state index is 3.64. The molecule has 1 aliphatic heterocycles. The van der Waals surface area contributed by atoms with E-state index in [1.54, 1.807) is 0 Å². The third-order valence-electron chi connectivity index (χ3n) is 5.32. The van der Waals surface area contributed by atoms with Gasteiger partial charge in [-0.3, -0.25) is 0 Å². The van der Waals surface area contributed by atoms with Crippen molar-refractivity contribution in [2.75, 3.05) is 29.9 Å². The molecule has 1 heterocycles. The maximum Gasteiger partial charge on any atom is 0.0367 e. The van der Waals surface area contributed by atoms with E-state index < -0.39 is 0 Å². The summed E-state index contributed by atoms with van der Waals surface area (Å²) in [5.74, 6) is 2.57. The molecule has 1 saturated carbocycles. The monoisotopic (exact) mass is 268 g/mol. The highest BCUT2D eigenvalue weighted by Crippen LogP contribution is 2.43. The highest BCUT2D eigenvalue weighted by atomic mass is 15.1. The van der Waals surface area contributed by atoms with Crippen LogP contribution in [-0.2, 0) is 0 Å². The molecule has 2 fully saturated rings. The number of hydrogen-bond donors (Lipinski definition) is 1. The SMILES string of the molecule is C1=CC2CC1CC2CNc1ccc(N2CCCC2)cc1. The lowest BCUT2D eigenvalue weighted by atomic mass is 9.93. The average molecular weight is 268 g/mol. The van der Waals surface area contributed by atoms with Gasteiger partial charge in [0, 0.05) is 31.0 Å². The van der Waals surface area contributed by atoms with Crippen molar-refractivity contribution in [2.45, 2.75) is 25.7 Å². The number of allylic oxidation sites excluding steroid dienone is 2. The normalized spacial score (nSPS) is 31.2. The van der Waals surface area contributed by atoms with Gasteiger partial charge in [-0.15, -0.1) is 0 Å². The lowest BCUT2D eigenvalue weighted by Crippen LogP contribution is -2.19. The van der Waals surface area contributed by atoms with Crippen molar-refractivity contribution in [3.8, 4) is 0 Å². The van der Waals surface area contributed by atoms with E-state index in [1.807, 2.05) is 0 Å². The Balaban J connectivity index is 1.34. The topological polar surface area (TPSA) is 15.3 Å². The Hall–Kier alpha value is -1.44. The molecule has 2 heteroatoms. The Morgan fingerprint density at radius 2 is 1.80 bits per heavy atom. The van der Waals surface area contributed by atoms with Crippen molar-refractivity contribution in [1.82, 2.24) is 0 Å². The quantitative estimate of drug-likeness (QED) is 0.833. The van der Waals surface area contributed by atoms with Crippen LogP contribution >= 0.6 is 0 Å². The van der Waals surface area contributed by atoms with Crippen LogP contribution in [0.4, 0.5) is 11.4 Å². The van der Waals surface area contributed by atoms with Crippen LogP contribution in [0.1, 0.15) is 25.7 Å². The van der Waals surface area contributed by atoms with Gasteiger partial charge in [-0.05, 0) is 67.7 Å². The molecule has 1 aromatic rings. The number of benzene rings is 1. The summed E-state index contributed by atoms with van der Waals surface area (Å²) in [6.45, 7) is 3.59. The second-order valence-corrected chi connectivity index (χ2v) is 6.66. The van der Waals surface area contributed by atoms with E-state index in [0.717, 1.165) is 24.3 Å². The summed E-state index contributed by atoms with van der Waals surface area (Å²) in [6, 6.07) is 9.04. The van der Waals surface area contributed by atoms with Crippen LogP contribution in [0, 0.1) is 17.8 Å². The van der Waals surface area contributed by atoms with Gasteiger partial charge in [0.15, 0.2) is 0 Å². The van der Waals surface area contributed by atoms with Gasteiger partial charge in [-0.1, -0.05) is 12.2 Å². The summed E-state index contributed by atoms with van der Waals surface area (Å²) in [7, 11) is 0. The smallest absolute Gasteiger partial charge is 0.0367 e. The van der Waals surface area contributed by atoms with Gasteiger partial charge in [0.2, 0.25) is 0 Å². The van der Waals surface area contributed by atoms with E-state index in [9.17, 15) is 0 Å². The third kappa shape index (κ3) is 2.32. The van der Waals surface area contributed by atoms with E-state index in [2.05, 4.69) is 46.6 Å². The zero-order valence-corrected chi connectivity index (χ0v) is 12.1. The molecule has 20 heavy (non-hydrogen) atoms. The Morgan fingerprint density at radius 1 is 1.00 bits per heavy atom. The summed E-state index contributed by atoms with van der Waals surface area (Å²) < 4.78 is 0. The Bertz CT molecular complexity index is 485. The fourth-order valence-electron chi connectivity index (χ4n) is 4.14. The van der Waals surface area contributed by atoms with Crippen molar-refractivity contribution >= 4 is 11.4 Å². The summed E-state index contributed by atoms with van der Waals surface area (Å²) in [5, 5.41) is 3.64. The van der Waals surface area contributed by atoms with E-state index in [4.69, 9.17) is 0 Å². The van der Waals surface area contributed by atoms with Gasteiger partial charge in [0.1, 0.15) is 0 Å². The molecule has 0 spiro atoms. The van der Waals surface area contributed by atoms with Crippen LogP contribution in [0.5, 0.6) is 0 Å². The number of nitrogens with one attached hydrogen (secondary N) is 1. The summed E-state index contributed by atoms with van der Waals surface area (Å²) >= 11 is 0. The molecule has 2 nitrogen and oxygen atoms in total. The van der Waals surface area contributed by atoms with Crippen LogP contribution in [0.2, 0.25) is 0 Å². The Morgan fingerprint density at radius 3 is 2.45 bits per heavy atom. The van der Waals surface area contributed by atoms with E-state index >= 15 is 0 Å². The van der Waals surface area contributed by atoms with Crippen molar-refractivity contribution in [2.24, 2.45) is 17.8 Å². The molecule has 4 rings (SSSR count). The molecule has 3 unspecified atom stereocenters. The molecule has 3 atom stereocenters. The van der Waals surface area contributed by atoms with E-state index in [0.29, 0.717) is 0 Å². The number of rotatable bonds is 4. The molecule has 0 amide bonds. The van der Waals surface area contributed by atoms with Gasteiger partial charge in [0.25, 0.3) is 0 Å². The van der Waals surface area contributed by atoms with Gasteiger partial charge >= 0.3 is 0 Å². The lowest BCUT2D eigenvalue weighted by Gasteiger charge is -2.20. The van der Waals surface area contributed by atoms with Crippen molar-refractivity contribution in [1.29, 1.82) is 0 Å². The number of nitrogens with zero attached hydrogens (tertiary/aromatic N) is 1. The standard InChI is InChI=1S/C18H24N2/c1-2-10-20(9-1)18-7-5-17(6-8-18)19-13-16-12-14-3-4-15(16)11-14/h3-8,14-16,19H,1-2,9-13H2. The van der Waals surface area contributed by atoms with Gasteiger partial charge < -0.3 is 10.2 Å². The van der Waals surface area contributed by atoms with Gasteiger partial charge in [0.05, 0.1) is 0 Å². The summed E-state index contributed by atoms with van der Waals surface area (Å²) in [6.07, 6.45) is 10.3. The first-order valence-corrected chi connectivity index (χ1v) is 8.16. The largest absolute Gasteiger partial charge is 0.385 e. The van der Waals surface area contributed by atoms with Crippen LogP contribution in [0.15, 0.2) is 36.4 Å². The highest BCUT2D eigenvalue weighted by Gasteiger charge is 2.35. The van der Waals surface area contributed by atoms with Crippen molar-refractivity contribution in [3.05, 3.63) is 36.4 Å². The van der Waals surface area contributed by atoms with Crippen molar-refractivity contribution < 1.29 is 0 Å². The fourth-order valence-corrected chi connectivity index (χ4v) is 4.14. The van der Waals surface area contributed by atoms with Crippen molar-refractivity contribution in [3.63, 3.8) is 0 Å². The molecular weight excluding hydrogens is 244 g/mol. The molecule has 1 N–H and O–H groups in total. The first kappa shape index (κ1) is 12.3. The minimum Gasteiger partial charge on any atom is -0.385 e. The zero-order chi connectivity index (χ0) is 13.4. The summed E-state index contributed by atoms with van der Waals surface area (Å²) in [4.78, 5) is 2.49. The van der Waals surface area contributed by atoms with Crippen LogP contribution in [0.25, 0.3) is 0 Å². The first-order chi connectivity index (χ1) is 9.88. The Kier molecular flexibility index (Phi) is 3.17. The second kappa shape index (κ2) is 5.16. The van der Waals surface area contributed by atoms with Crippen LogP contribution in [0.3, 0.4) is 0 Å². The molecule has 1 aromatic carbocycles.